The maximum atomic E-state index is 12.2. The van der Waals surface area contributed by atoms with Gasteiger partial charge in [-0.2, -0.15) is 0 Å². The lowest BCUT2D eigenvalue weighted by Crippen LogP contribution is -2.57. The molecule has 28 heavy (non-hydrogen) atoms. The number of halogens is 1. The molecule has 0 saturated carbocycles. The van der Waals surface area contributed by atoms with Crippen LogP contribution in [-0.4, -0.2) is 79.3 Å². The van der Waals surface area contributed by atoms with E-state index < -0.39 is 5.60 Å². The summed E-state index contributed by atoms with van der Waals surface area (Å²) in [7, 11) is 1.43. The van der Waals surface area contributed by atoms with Crippen LogP contribution < -0.4 is 5.32 Å². The third-order valence-electron chi connectivity index (χ3n) is 4.68. The number of unbranched alkanes of at least 4 members (excludes halogenated alkanes) is 3. The van der Waals surface area contributed by atoms with E-state index in [-0.39, 0.29) is 42.1 Å². The number of carbonyl (C=O) groups is 2. The standard InChI is InChI=1S/C19H34N4O4.HI/c1-19(2,3)27-18(25)22-11-12-23-15(14-22)13-21-17(23)20-10-8-6-5-7-9-16(24)26-4;/h15H,5-14H2,1-4H3,(H,20,21);1H. The molecule has 1 amide bonds. The number of esters is 1. The number of nitrogens with zero attached hydrogens (tertiary/aromatic N) is 3. The van der Waals surface area contributed by atoms with Gasteiger partial charge in [0.1, 0.15) is 5.60 Å². The van der Waals surface area contributed by atoms with Gasteiger partial charge in [0, 0.05) is 32.6 Å². The summed E-state index contributed by atoms with van der Waals surface area (Å²) in [4.78, 5) is 32.0. The molecule has 0 bridgehead atoms. The second-order valence-corrected chi connectivity index (χ2v) is 8.10. The summed E-state index contributed by atoms with van der Waals surface area (Å²) in [6.45, 7) is 9.31. The molecule has 2 aliphatic rings. The third-order valence-corrected chi connectivity index (χ3v) is 4.68. The number of aliphatic imine (C=N–C) groups is 1. The van der Waals surface area contributed by atoms with Crippen molar-refractivity contribution in [3.63, 3.8) is 0 Å². The minimum absolute atomic E-state index is 0. The molecule has 0 spiro atoms. The van der Waals surface area contributed by atoms with E-state index >= 15 is 0 Å². The Balaban J connectivity index is 0.00000392. The highest BCUT2D eigenvalue weighted by Gasteiger charge is 2.36. The fraction of sp³-hybridized carbons (Fsp3) is 0.842. The van der Waals surface area contributed by atoms with E-state index in [4.69, 9.17) is 4.74 Å². The van der Waals surface area contributed by atoms with Crippen LogP contribution in [0.1, 0.15) is 52.9 Å². The predicted molar refractivity (Wildman–Crippen MR) is 119 cm³/mol. The summed E-state index contributed by atoms with van der Waals surface area (Å²) in [5, 5.41) is 3.42. The maximum absolute atomic E-state index is 12.2. The summed E-state index contributed by atoms with van der Waals surface area (Å²) >= 11 is 0. The van der Waals surface area contributed by atoms with E-state index in [0.717, 1.165) is 44.7 Å². The van der Waals surface area contributed by atoms with E-state index in [1.54, 1.807) is 4.90 Å². The molecule has 0 aromatic heterocycles. The van der Waals surface area contributed by atoms with Gasteiger partial charge in [0.25, 0.3) is 0 Å². The van der Waals surface area contributed by atoms with Gasteiger partial charge in [-0.1, -0.05) is 12.8 Å². The average molecular weight is 510 g/mol. The zero-order valence-corrected chi connectivity index (χ0v) is 19.9. The van der Waals surface area contributed by atoms with Crippen LogP contribution in [0.25, 0.3) is 0 Å². The van der Waals surface area contributed by atoms with Crippen LogP contribution in [0.4, 0.5) is 4.79 Å². The molecule has 1 unspecified atom stereocenters. The Hall–Kier alpha value is -1.26. The highest BCUT2D eigenvalue weighted by molar-refractivity contribution is 14.0. The van der Waals surface area contributed by atoms with Crippen LogP contribution in [0, 0.1) is 0 Å². The van der Waals surface area contributed by atoms with Gasteiger partial charge in [-0.3, -0.25) is 9.79 Å². The smallest absolute Gasteiger partial charge is 0.410 e. The monoisotopic (exact) mass is 510 g/mol. The van der Waals surface area contributed by atoms with Crippen molar-refractivity contribution >= 4 is 42.0 Å². The Morgan fingerprint density at radius 2 is 1.89 bits per heavy atom. The fourth-order valence-corrected chi connectivity index (χ4v) is 3.27. The van der Waals surface area contributed by atoms with Crippen molar-refractivity contribution in [2.75, 3.05) is 39.8 Å². The number of hydrogen-bond donors (Lipinski definition) is 1. The molecule has 1 fully saturated rings. The van der Waals surface area contributed by atoms with Gasteiger partial charge in [0.15, 0.2) is 5.96 Å². The zero-order chi connectivity index (χ0) is 19.9. The molecule has 9 heteroatoms. The number of nitrogens with one attached hydrogen (secondary N) is 1. The van der Waals surface area contributed by atoms with E-state index in [9.17, 15) is 9.59 Å². The third kappa shape index (κ3) is 8.00. The Labute approximate surface area is 185 Å². The van der Waals surface area contributed by atoms with Crippen molar-refractivity contribution < 1.29 is 19.1 Å². The number of hydrogen-bond acceptors (Lipinski definition) is 7. The van der Waals surface area contributed by atoms with Crippen molar-refractivity contribution in [2.45, 2.75) is 64.5 Å². The van der Waals surface area contributed by atoms with Gasteiger partial charge in [-0.25, -0.2) is 4.79 Å². The van der Waals surface area contributed by atoms with Crippen molar-refractivity contribution in [3.05, 3.63) is 0 Å². The van der Waals surface area contributed by atoms with Crippen LogP contribution in [0.3, 0.4) is 0 Å². The molecular formula is C19H35IN4O4. The summed E-state index contributed by atoms with van der Waals surface area (Å²) in [5.74, 6) is 0.809. The highest BCUT2D eigenvalue weighted by Crippen LogP contribution is 2.18. The SMILES string of the molecule is COC(=O)CCCCCCNC1=NCC2CN(C(=O)OC(C)(C)C)CCN12.I. The minimum Gasteiger partial charge on any atom is -0.469 e. The van der Waals surface area contributed by atoms with E-state index in [1.165, 1.54) is 7.11 Å². The normalized spacial score (nSPS) is 18.7. The Morgan fingerprint density at radius 3 is 2.57 bits per heavy atom. The molecule has 0 radical (unpaired) electrons. The van der Waals surface area contributed by atoms with Gasteiger partial charge in [0.2, 0.25) is 0 Å². The number of carbonyl (C=O) groups excluding carboxylic acids is 2. The second kappa shape index (κ2) is 11.7. The van der Waals surface area contributed by atoms with E-state index in [1.807, 2.05) is 20.8 Å². The summed E-state index contributed by atoms with van der Waals surface area (Å²) in [6.07, 6.45) is 4.29. The molecule has 2 aliphatic heterocycles. The Kier molecular flexibility index (Phi) is 10.3. The first kappa shape index (κ1) is 24.8. The van der Waals surface area contributed by atoms with Gasteiger partial charge in [-0.15, -0.1) is 24.0 Å². The van der Waals surface area contributed by atoms with Crippen LogP contribution in [0.2, 0.25) is 0 Å². The topological polar surface area (TPSA) is 83.5 Å². The molecule has 1 saturated heterocycles. The van der Waals surface area contributed by atoms with Gasteiger partial charge in [0.05, 0.1) is 19.7 Å². The zero-order valence-electron chi connectivity index (χ0n) is 17.5. The van der Waals surface area contributed by atoms with Gasteiger partial charge >= 0.3 is 12.1 Å². The number of guanidine groups is 1. The predicted octanol–water partition coefficient (Wildman–Crippen LogP) is 2.61. The first-order valence-corrected chi connectivity index (χ1v) is 9.90. The van der Waals surface area contributed by atoms with Crippen molar-refractivity contribution in [1.29, 1.82) is 0 Å². The summed E-state index contributed by atoms with van der Waals surface area (Å²) in [6, 6.07) is 0.230. The lowest BCUT2D eigenvalue weighted by Gasteiger charge is -2.39. The summed E-state index contributed by atoms with van der Waals surface area (Å²) < 4.78 is 10.1. The Bertz CT molecular complexity index is 551. The molecule has 0 aromatic rings. The largest absolute Gasteiger partial charge is 0.469 e. The maximum Gasteiger partial charge on any atom is 0.410 e. The second-order valence-electron chi connectivity index (χ2n) is 8.10. The average Bonchev–Trinajstić information content (AvgIpc) is 3.01. The van der Waals surface area contributed by atoms with Crippen molar-refractivity contribution in [1.82, 2.24) is 15.1 Å². The first-order valence-electron chi connectivity index (χ1n) is 9.90. The van der Waals surface area contributed by atoms with Gasteiger partial charge < -0.3 is 24.6 Å². The minimum atomic E-state index is -0.468. The molecule has 2 heterocycles. The number of fused-ring (bicyclic) bond motifs is 1. The number of rotatable bonds is 7. The Morgan fingerprint density at radius 1 is 1.18 bits per heavy atom. The molecule has 0 aromatic carbocycles. The molecule has 1 N–H and O–H groups in total. The first-order chi connectivity index (χ1) is 12.8. The van der Waals surface area contributed by atoms with Crippen LogP contribution >= 0.6 is 24.0 Å². The number of ether oxygens (including phenoxy) is 2. The molecule has 162 valence electrons. The quantitative estimate of drug-likeness (QED) is 0.322. The lowest BCUT2D eigenvalue weighted by molar-refractivity contribution is -0.140. The molecule has 0 aliphatic carbocycles. The van der Waals surface area contributed by atoms with Crippen LogP contribution in [0.15, 0.2) is 4.99 Å². The molecular weight excluding hydrogens is 475 g/mol. The van der Waals surface area contributed by atoms with Crippen LogP contribution in [0.5, 0.6) is 0 Å². The number of piperazine rings is 1. The van der Waals surface area contributed by atoms with E-state index in [0.29, 0.717) is 26.1 Å². The highest BCUT2D eigenvalue weighted by atomic mass is 127. The molecule has 1 atom stereocenters. The summed E-state index contributed by atoms with van der Waals surface area (Å²) in [5.41, 5.74) is -0.468. The van der Waals surface area contributed by atoms with Crippen LogP contribution in [-0.2, 0) is 14.3 Å². The number of methoxy groups -OCH3 is 1. The fourth-order valence-electron chi connectivity index (χ4n) is 3.27. The molecule has 2 rings (SSSR count). The molecule has 8 nitrogen and oxygen atoms in total. The van der Waals surface area contributed by atoms with Crippen molar-refractivity contribution in [2.24, 2.45) is 4.99 Å². The van der Waals surface area contributed by atoms with Gasteiger partial charge in [-0.05, 0) is 33.6 Å². The van der Waals surface area contributed by atoms with E-state index in [2.05, 4.69) is 19.9 Å². The lowest BCUT2D eigenvalue weighted by atomic mass is 10.1. The van der Waals surface area contributed by atoms with Crippen molar-refractivity contribution in [3.8, 4) is 0 Å². The number of amides is 1.